The standard InChI is InChI=1S/C12H25NO/c1-5-11(13-4)10-7-8-14-12(3,6-2)9-10/h10-11,13H,5-9H2,1-4H3. The van der Waals surface area contributed by atoms with Gasteiger partial charge in [0.2, 0.25) is 0 Å². The third-order valence-electron chi connectivity index (χ3n) is 3.76. The Labute approximate surface area is 88.4 Å². The van der Waals surface area contributed by atoms with Gasteiger partial charge in [-0.05, 0) is 45.6 Å². The maximum atomic E-state index is 5.86. The summed E-state index contributed by atoms with van der Waals surface area (Å²) in [6, 6.07) is 0.671. The maximum Gasteiger partial charge on any atom is 0.0655 e. The zero-order valence-corrected chi connectivity index (χ0v) is 10.1. The van der Waals surface area contributed by atoms with Crippen LogP contribution in [0.3, 0.4) is 0 Å². The predicted molar refractivity (Wildman–Crippen MR) is 60.5 cm³/mol. The summed E-state index contributed by atoms with van der Waals surface area (Å²) < 4.78 is 5.86. The second-order valence-corrected chi connectivity index (χ2v) is 4.71. The molecule has 0 spiro atoms. The van der Waals surface area contributed by atoms with E-state index in [-0.39, 0.29) is 5.60 Å². The second kappa shape index (κ2) is 5.13. The van der Waals surface area contributed by atoms with Gasteiger partial charge in [-0.25, -0.2) is 0 Å². The molecule has 84 valence electrons. The Morgan fingerprint density at radius 3 is 2.71 bits per heavy atom. The number of rotatable bonds is 4. The van der Waals surface area contributed by atoms with Crippen molar-refractivity contribution in [2.24, 2.45) is 5.92 Å². The normalized spacial score (nSPS) is 35.6. The lowest BCUT2D eigenvalue weighted by Crippen LogP contribution is -2.44. The van der Waals surface area contributed by atoms with Crippen molar-refractivity contribution >= 4 is 0 Å². The third kappa shape index (κ3) is 2.71. The molecule has 0 aromatic rings. The summed E-state index contributed by atoms with van der Waals surface area (Å²) in [7, 11) is 2.08. The molecular formula is C12H25NO. The van der Waals surface area contributed by atoms with Crippen molar-refractivity contribution in [2.45, 2.75) is 58.1 Å². The number of hydrogen-bond donors (Lipinski definition) is 1. The van der Waals surface area contributed by atoms with E-state index in [2.05, 4.69) is 33.1 Å². The molecule has 3 unspecified atom stereocenters. The van der Waals surface area contributed by atoms with Gasteiger partial charge >= 0.3 is 0 Å². The predicted octanol–water partition coefficient (Wildman–Crippen LogP) is 2.58. The van der Waals surface area contributed by atoms with Crippen LogP contribution >= 0.6 is 0 Å². The minimum absolute atomic E-state index is 0.132. The number of ether oxygens (including phenoxy) is 1. The summed E-state index contributed by atoms with van der Waals surface area (Å²) >= 11 is 0. The van der Waals surface area contributed by atoms with Crippen molar-refractivity contribution < 1.29 is 4.74 Å². The first-order valence-electron chi connectivity index (χ1n) is 5.96. The van der Waals surface area contributed by atoms with Gasteiger partial charge in [-0.15, -0.1) is 0 Å². The van der Waals surface area contributed by atoms with Crippen molar-refractivity contribution in [1.29, 1.82) is 0 Å². The fourth-order valence-corrected chi connectivity index (χ4v) is 2.54. The quantitative estimate of drug-likeness (QED) is 0.751. The first-order chi connectivity index (χ1) is 6.65. The summed E-state index contributed by atoms with van der Waals surface area (Å²) in [4.78, 5) is 0. The van der Waals surface area contributed by atoms with Crippen LogP contribution in [-0.2, 0) is 4.74 Å². The third-order valence-corrected chi connectivity index (χ3v) is 3.76. The molecule has 0 saturated carbocycles. The van der Waals surface area contributed by atoms with E-state index in [0.29, 0.717) is 6.04 Å². The molecule has 1 aliphatic rings. The van der Waals surface area contributed by atoms with Crippen molar-refractivity contribution in [3.63, 3.8) is 0 Å². The Bertz CT molecular complexity index is 168. The average molecular weight is 199 g/mol. The highest BCUT2D eigenvalue weighted by atomic mass is 16.5. The van der Waals surface area contributed by atoms with E-state index in [1.165, 1.54) is 19.3 Å². The van der Waals surface area contributed by atoms with E-state index in [4.69, 9.17) is 4.74 Å². The summed E-state index contributed by atoms with van der Waals surface area (Å²) in [6.07, 6.45) is 4.78. The van der Waals surface area contributed by atoms with Gasteiger partial charge in [0.25, 0.3) is 0 Å². The summed E-state index contributed by atoms with van der Waals surface area (Å²) in [6.45, 7) is 7.68. The van der Waals surface area contributed by atoms with E-state index in [0.717, 1.165) is 18.9 Å². The largest absolute Gasteiger partial charge is 0.375 e. The fourth-order valence-electron chi connectivity index (χ4n) is 2.54. The molecule has 1 saturated heterocycles. The van der Waals surface area contributed by atoms with Crippen molar-refractivity contribution in [2.75, 3.05) is 13.7 Å². The second-order valence-electron chi connectivity index (χ2n) is 4.71. The lowest BCUT2D eigenvalue weighted by molar-refractivity contribution is -0.0923. The van der Waals surface area contributed by atoms with E-state index in [1.54, 1.807) is 0 Å². The SMILES string of the molecule is CCC(NC)C1CCOC(C)(CC)C1. The Balaban J connectivity index is 2.54. The van der Waals surface area contributed by atoms with Gasteiger partial charge in [0.1, 0.15) is 0 Å². The summed E-state index contributed by atoms with van der Waals surface area (Å²) in [5, 5.41) is 3.43. The van der Waals surface area contributed by atoms with Crippen LogP contribution in [0.1, 0.15) is 46.5 Å². The Morgan fingerprint density at radius 1 is 1.50 bits per heavy atom. The van der Waals surface area contributed by atoms with Crippen LogP contribution in [0, 0.1) is 5.92 Å². The maximum absolute atomic E-state index is 5.86. The molecule has 2 heteroatoms. The van der Waals surface area contributed by atoms with Crippen LogP contribution in [-0.4, -0.2) is 25.3 Å². The van der Waals surface area contributed by atoms with Crippen molar-refractivity contribution in [3.8, 4) is 0 Å². The fraction of sp³-hybridized carbons (Fsp3) is 1.00. The molecule has 0 radical (unpaired) electrons. The highest BCUT2D eigenvalue weighted by Gasteiger charge is 2.34. The summed E-state index contributed by atoms with van der Waals surface area (Å²) in [5.41, 5.74) is 0.132. The topological polar surface area (TPSA) is 21.3 Å². The molecule has 14 heavy (non-hydrogen) atoms. The van der Waals surface area contributed by atoms with E-state index in [1.807, 2.05) is 0 Å². The zero-order chi connectivity index (χ0) is 10.6. The lowest BCUT2D eigenvalue weighted by Gasteiger charge is -2.40. The number of hydrogen-bond acceptors (Lipinski definition) is 2. The van der Waals surface area contributed by atoms with Crippen molar-refractivity contribution in [3.05, 3.63) is 0 Å². The van der Waals surface area contributed by atoms with E-state index >= 15 is 0 Å². The van der Waals surface area contributed by atoms with Crippen LogP contribution in [0.15, 0.2) is 0 Å². The van der Waals surface area contributed by atoms with E-state index in [9.17, 15) is 0 Å². The molecule has 1 rings (SSSR count). The molecule has 0 aliphatic carbocycles. The first-order valence-corrected chi connectivity index (χ1v) is 5.96. The molecule has 3 atom stereocenters. The highest BCUT2D eigenvalue weighted by molar-refractivity contribution is 4.86. The first kappa shape index (κ1) is 12.0. The zero-order valence-electron chi connectivity index (χ0n) is 10.1. The minimum Gasteiger partial charge on any atom is -0.375 e. The van der Waals surface area contributed by atoms with Gasteiger partial charge in [-0.1, -0.05) is 13.8 Å². The Morgan fingerprint density at radius 2 is 2.21 bits per heavy atom. The van der Waals surface area contributed by atoms with Gasteiger partial charge in [-0.2, -0.15) is 0 Å². The Kier molecular flexibility index (Phi) is 4.39. The molecule has 0 bridgehead atoms. The molecular weight excluding hydrogens is 174 g/mol. The van der Waals surface area contributed by atoms with Gasteiger partial charge in [0, 0.05) is 12.6 Å². The average Bonchev–Trinajstić information content (AvgIpc) is 2.20. The van der Waals surface area contributed by atoms with Crippen molar-refractivity contribution in [1.82, 2.24) is 5.32 Å². The molecule has 2 nitrogen and oxygen atoms in total. The van der Waals surface area contributed by atoms with Gasteiger partial charge < -0.3 is 10.1 Å². The van der Waals surface area contributed by atoms with Gasteiger partial charge in [0.05, 0.1) is 5.60 Å². The Hall–Kier alpha value is -0.0800. The van der Waals surface area contributed by atoms with Crippen LogP contribution in [0.25, 0.3) is 0 Å². The van der Waals surface area contributed by atoms with Crippen LogP contribution in [0.4, 0.5) is 0 Å². The summed E-state index contributed by atoms with van der Waals surface area (Å²) in [5.74, 6) is 0.795. The molecule has 1 heterocycles. The van der Waals surface area contributed by atoms with Gasteiger partial charge in [0.15, 0.2) is 0 Å². The van der Waals surface area contributed by atoms with Crippen LogP contribution < -0.4 is 5.32 Å². The van der Waals surface area contributed by atoms with Crippen LogP contribution in [0.2, 0.25) is 0 Å². The highest BCUT2D eigenvalue weighted by Crippen LogP contribution is 2.33. The van der Waals surface area contributed by atoms with Crippen LogP contribution in [0.5, 0.6) is 0 Å². The van der Waals surface area contributed by atoms with Gasteiger partial charge in [-0.3, -0.25) is 0 Å². The lowest BCUT2D eigenvalue weighted by atomic mass is 9.80. The van der Waals surface area contributed by atoms with E-state index < -0.39 is 0 Å². The minimum atomic E-state index is 0.132. The molecule has 1 fully saturated rings. The molecule has 0 aromatic carbocycles. The monoisotopic (exact) mass is 199 g/mol. The smallest absolute Gasteiger partial charge is 0.0655 e. The number of nitrogens with one attached hydrogen (secondary N) is 1. The molecule has 1 aliphatic heterocycles. The molecule has 0 aromatic heterocycles. The molecule has 1 N–H and O–H groups in total. The molecule has 0 amide bonds.